The molecule has 2 aliphatic carbocycles. The largest absolute Gasteiger partial charge is 0.474 e. The Morgan fingerprint density at radius 1 is 0.914 bits per heavy atom. The number of hydrogen-bond acceptors (Lipinski definition) is 4. The van der Waals surface area contributed by atoms with Gasteiger partial charge in [-0.3, -0.25) is 0 Å². The Balaban J connectivity index is 1.41. The summed E-state index contributed by atoms with van der Waals surface area (Å²) in [5.74, 6) is 1.63. The van der Waals surface area contributed by atoms with Crippen LogP contribution in [0.15, 0.2) is 42.5 Å². The predicted octanol–water partition coefficient (Wildman–Crippen LogP) is 6.72. The van der Waals surface area contributed by atoms with Crippen molar-refractivity contribution in [2.24, 2.45) is 0 Å². The van der Waals surface area contributed by atoms with Crippen LogP contribution in [-0.2, 0) is 25.7 Å². The third-order valence-corrected chi connectivity index (χ3v) is 7.86. The highest BCUT2D eigenvalue weighted by atomic mass is 16.5. The van der Waals surface area contributed by atoms with E-state index in [1.807, 2.05) is 0 Å². The second kappa shape index (κ2) is 10.9. The maximum absolute atomic E-state index is 6.49. The topological polar surface area (TPSA) is 47.0 Å². The van der Waals surface area contributed by atoms with E-state index in [0.717, 1.165) is 61.6 Å². The molecule has 0 spiro atoms. The fourth-order valence-corrected chi connectivity index (χ4v) is 5.58. The Morgan fingerprint density at radius 3 is 2.40 bits per heavy atom. The van der Waals surface area contributed by atoms with Gasteiger partial charge in [0, 0.05) is 29.4 Å². The van der Waals surface area contributed by atoms with Crippen molar-refractivity contribution in [3.8, 4) is 17.3 Å². The van der Waals surface area contributed by atoms with Gasteiger partial charge in [-0.15, -0.1) is 0 Å². The summed E-state index contributed by atoms with van der Waals surface area (Å²) in [5, 5.41) is 3.83. The summed E-state index contributed by atoms with van der Waals surface area (Å²) in [6, 6.07) is 15.9. The summed E-state index contributed by atoms with van der Waals surface area (Å²) < 4.78 is 6.49. The second-order valence-corrected chi connectivity index (χ2v) is 10.1. The van der Waals surface area contributed by atoms with Gasteiger partial charge in [0.25, 0.3) is 0 Å². The van der Waals surface area contributed by atoms with Crippen LogP contribution < -0.4 is 10.1 Å². The van der Waals surface area contributed by atoms with Crippen molar-refractivity contribution in [2.45, 2.75) is 90.7 Å². The minimum absolute atomic E-state index is 0.293. The molecule has 0 saturated heterocycles. The standard InChI is InChI=1S/C31H39N3O/c1-4-22-12-8-13-23(5-2)29(22)30-33-21(3)26(31(34-30)35-25-15-10-16-25)19-20-32-28-18-9-14-24-11-6-7-17-27(24)28/h6-8,11-13,17,25,28,32H,4-5,9-10,14-16,18-20H2,1-3H3/t28-/m0/s1. The van der Waals surface area contributed by atoms with Crippen LogP contribution in [0.4, 0.5) is 0 Å². The molecular weight excluding hydrogens is 430 g/mol. The molecule has 2 aromatic carbocycles. The molecule has 1 atom stereocenters. The number of rotatable bonds is 9. The van der Waals surface area contributed by atoms with E-state index in [2.05, 4.69) is 68.6 Å². The third kappa shape index (κ3) is 5.13. The van der Waals surface area contributed by atoms with Gasteiger partial charge in [0.2, 0.25) is 5.88 Å². The van der Waals surface area contributed by atoms with Crippen molar-refractivity contribution in [1.82, 2.24) is 15.3 Å². The van der Waals surface area contributed by atoms with E-state index < -0.39 is 0 Å². The molecule has 184 valence electrons. The normalized spacial score (nSPS) is 17.6. The van der Waals surface area contributed by atoms with Crippen LogP contribution in [-0.4, -0.2) is 22.6 Å². The lowest BCUT2D eigenvalue weighted by Gasteiger charge is -2.28. The van der Waals surface area contributed by atoms with Gasteiger partial charge in [-0.1, -0.05) is 56.3 Å². The van der Waals surface area contributed by atoms with Crippen LogP contribution in [0.3, 0.4) is 0 Å². The van der Waals surface area contributed by atoms with Crippen LogP contribution in [0.25, 0.3) is 11.4 Å². The van der Waals surface area contributed by atoms with Crippen molar-refractivity contribution in [3.05, 3.63) is 76.0 Å². The van der Waals surface area contributed by atoms with E-state index >= 15 is 0 Å². The number of ether oxygens (including phenoxy) is 1. The molecule has 0 amide bonds. The lowest BCUT2D eigenvalue weighted by atomic mass is 9.87. The van der Waals surface area contributed by atoms with Gasteiger partial charge in [-0.05, 0) is 87.0 Å². The van der Waals surface area contributed by atoms with Gasteiger partial charge >= 0.3 is 0 Å². The van der Waals surface area contributed by atoms with E-state index in [1.54, 1.807) is 0 Å². The van der Waals surface area contributed by atoms with Crippen molar-refractivity contribution in [3.63, 3.8) is 0 Å². The fraction of sp³-hybridized carbons (Fsp3) is 0.484. The van der Waals surface area contributed by atoms with Crippen LogP contribution >= 0.6 is 0 Å². The molecule has 0 bridgehead atoms. The third-order valence-electron chi connectivity index (χ3n) is 7.86. The maximum Gasteiger partial charge on any atom is 0.220 e. The smallest absolute Gasteiger partial charge is 0.220 e. The van der Waals surface area contributed by atoms with Crippen molar-refractivity contribution >= 4 is 0 Å². The monoisotopic (exact) mass is 469 g/mol. The van der Waals surface area contributed by atoms with Crippen LogP contribution in [0, 0.1) is 6.92 Å². The van der Waals surface area contributed by atoms with Crippen LogP contribution in [0.2, 0.25) is 0 Å². The lowest BCUT2D eigenvalue weighted by molar-refractivity contribution is 0.113. The summed E-state index contributed by atoms with van der Waals surface area (Å²) in [6.45, 7) is 7.44. The zero-order valence-corrected chi connectivity index (χ0v) is 21.6. The number of aromatic nitrogens is 2. The van der Waals surface area contributed by atoms with Gasteiger partial charge in [0.15, 0.2) is 5.82 Å². The van der Waals surface area contributed by atoms with E-state index in [9.17, 15) is 0 Å². The maximum atomic E-state index is 6.49. The summed E-state index contributed by atoms with van der Waals surface area (Å²) in [7, 11) is 0. The SMILES string of the molecule is CCc1cccc(CC)c1-c1nc(C)c(CCN[C@H]2CCCc3ccccc32)c(OC2CCC2)n1. The number of hydrogen-bond donors (Lipinski definition) is 1. The summed E-state index contributed by atoms with van der Waals surface area (Å²) in [4.78, 5) is 10.1. The van der Waals surface area contributed by atoms with Crippen LogP contribution in [0.5, 0.6) is 5.88 Å². The second-order valence-electron chi connectivity index (χ2n) is 10.1. The average Bonchev–Trinajstić information content (AvgIpc) is 2.86. The summed E-state index contributed by atoms with van der Waals surface area (Å²) in [5.41, 5.74) is 8.98. The van der Waals surface area contributed by atoms with E-state index in [0.29, 0.717) is 12.1 Å². The molecule has 5 rings (SSSR count). The minimum atomic E-state index is 0.293. The molecule has 0 aliphatic heterocycles. The number of nitrogens with zero attached hydrogens (tertiary/aromatic N) is 2. The molecule has 2 aliphatic rings. The highest BCUT2D eigenvalue weighted by Gasteiger charge is 2.25. The Morgan fingerprint density at radius 2 is 1.69 bits per heavy atom. The summed E-state index contributed by atoms with van der Waals surface area (Å²) in [6.07, 6.45) is 10.3. The molecule has 1 heterocycles. The van der Waals surface area contributed by atoms with Crippen molar-refractivity contribution < 1.29 is 4.74 Å². The minimum Gasteiger partial charge on any atom is -0.474 e. The zero-order valence-electron chi connectivity index (χ0n) is 21.6. The van der Waals surface area contributed by atoms with E-state index in [4.69, 9.17) is 14.7 Å². The highest BCUT2D eigenvalue weighted by Crippen LogP contribution is 2.33. The average molecular weight is 470 g/mol. The molecule has 0 unspecified atom stereocenters. The van der Waals surface area contributed by atoms with Gasteiger partial charge in [-0.25, -0.2) is 4.98 Å². The first-order valence-corrected chi connectivity index (χ1v) is 13.6. The number of nitrogens with one attached hydrogen (secondary N) is 1. The molecule has 1 aromatic heterocycles. The molecule has 0 radical (unpaired) electrons. The lowest BCUT2D eigenvalue weighted by Crippen LogP contribution is -2.28. The zero-order chi connectivity index (χ0) is 24.2. The quantitative estimate of drug-likeness (QED) is 0.378. The Labute approximate surface area is 210 Å². The molecule has 1 N–H and O–H groups in total. The van der Waals surface area contributed by atoms with Gasteiger partial charge < -0.3 is 10.1 Å². The first-order chi connectivity index (χ1) is 17.2. The van der Waals surface area contributed by atoms with Gasteiger partial charge in [0.05, 0.1) is 0 Å². The molecule has 35 heavy (non-hydrogen) atoms. The fourth-order valence-electron chi connectivity index (χ4n) is 5.58. The van der Waals surface area contributed by atoms with Crippen LogP contribution in [0.1, 0.15) is 85.5 Å². The predicted molar refractivity (Wildman–Crippen MR) is 143 cm³/mol. The molecule has 4 nitrogen and oxygen atoms in total. The Bertz CT molecular complexity index is 1150. The summed E-state index contributed by atoms with van der Waals surface area (Å²) >= 11 is 0. The number of benzene rings is 2. The molecule has 3 aromatic rings. The highest BCUT2D eigenvalue weighted by molar-refractivity contribution is 5.66. The van der Waals surface area contributed by atoms with E-state index in [1.165, 1.54) is 53.5 Å². The van der Waals surface area contributed by atoms with Gasteiger partial charge in [-0.2, -0.15) is 4.98 Å². The van der Waals surface area contributed by atoms with Gasteiger partial charge in [0.1, 0.15) is 6.10 Å². The Hall–Kier alpha value is -2.72. The first kappa shape index (κ1) is 24.0. The molecule has 1 saturated carbocycles. The van der Waals surface area contributed by atoms with Crippen molar-refractivity contribution in [1.29, 1.82) is 0 Å². The Kier molecular flexibility index (Phi) is 7.48. The van der Waals surface area contributed by atoms with E-state index in [-0.39, 0.29) is 0 Å². The molecule has 1 fully saturated rings. The van der Waals surface area contributed by atoms with Crippen molar-refractivity contribution in [2.75, 3.05) is 6.54 Å². The number of aryl methyl sites for hydroxylation is 4. The number of fused-ring (bicyclic) bond motifs is 1. The molecular formula is C31H39N3O. The molecule has 4 heteroatoms. The first-order valence-electron chi connectivity index (χ1n) is 13.6.